The average molecular weight is 473 g/mol. The number of carbonyl (C=O) groups is 2. The van der Waals surface area contributed by atoms with Gasteiger partial charge in [0.25, 0.3) is 11.6 Å². The van der Waals surface area contributed by atoms with E-state index in [-0.39, 0.29) is 46.5 Å². The average Bonchev–Trinajstić information content (AvgIpc) is 3.28. The van der Waals surface area contributed by atoms with Crippen LogP contribution in [0.5, 0.6) is 0 Å². The summed E-state index contributed by atoms with van der Waals surface area (Å²) in [6, 6.07) is 13.4. The summed E-state index contributed by atoms with van der Waals surface area (Å²) in [5, 5.41) is 13.4. The first-order valence-corrected chi connectivity index (χ1v) is 11.1. The van der Waals surface area contributed by atoms with E-state index in [1.807, 2.05) is 0 Å². The lowest BCUT2D eigenvalue weighted by Gasteiger charge is -2.09. The van der Waals surface area contributed by atoms with E-state index in [2.05, 4.69) is 10.0 Å². The molecule has 0 bridgehead atoms. The van der Waals surface area contributed by atoms with Gasteiger partial charge in [0.05, 0.1) is 23.0 Å². The zero-order chi connectivity index (χ0) is 24.0. The molecule has 0 spiro atoms. The maximum absolute atomic E-state index is 12.7. The van der Waals surface area contributed by atoms with Crippen LogP contribution in [0.2, 0.25) is 0 Å². The number of nitro benzene ring substituents is 1. The maximum Gasteiger partial charge on any atom is 0.374 e. The Morgan fingerprint density at radius 2 is 1.85 bits per heavy atom. The molecule has 0 aliphatic carbocycles. The molecule has 33 heavy (non-hydrogen) atoms. The van der Waals surface area contributed by atoms with Gasteiger partial charge in [-0.25, -0.2) is 17.9 Å². The number of rotatable bonds is 9. The summed E-state index contributed by atoms with van der Waals surface area (Å²) < 4.78 is 37.7. The van der Waals surface area contributed by atoms with Crippen molar-refractivity contribution < 1.29 is 32.1 Å². The van der Waals surface area contributed by atoms with Gasteiger partial charge in [0.15, 0.2) is 0 Å². The van der Waals surface area contributed by atoms with Gasteiger partial charge in [0, 0.05) is 23.4 Å². The van der Waals surface area contributed by atoms with E-state index in [0.29, 0.717) is 0 Å². The Kier molecular flexibility index (Phi) is 7.20. The van der Waals surface area contributed by atoms with Crippen molar-refractivity contribution in [3.63, 3.8) is 0 Å². The number of sulfonamides is 1. The molecule has 12 heteroatoms. The van der Waals surface area contributed by atoms with E-state index >= 15 is 0 Å². The van der Waals surface area contributed by atoms with Crippen LogP contribution in [0, 0.1) is 10.1 Å². The second kappa shape index (κ2) is 10.1. The molecule has 1 aromatic heterocycles. The van der Waals surface area contributed by atoms with Crippen molar-refractivity contribution in [2.75, 3.05) is 11.9 Å². The van der Waals surface area contributed by atoms with E-state index in [0.717, 1.165) is 0 Å². The van der Waals surface area contributed by atoms with Crippen molar-refractivity contribution in [2.24, 2.45) is 0 Å². The summed E-state index contributed by atoms with van der Waals surface area (Å²) in [6.07, 6.45) is 0. The highest BCUT2D eigenvalue weighted by Gasteiger charge is 2.19. The zero-order valence-corrected chi connectivity index (χ0v) is 18.1. The van der Waals surface area contributed by atoms with Gasteiger partial charge in [-0.2, -0.15) is 0 Å². The van der Waals surface area contributed by atoms with Gasteiger partial charge in [-0.15, -0.1) is 0 Å². The number of ether oxygens (including phenoxy) is 1. The standard InChI is InChI=1S/C21H19N3O8S/c1-2-31-21(26)19-10-9-17(32-19)13-22-33(29,30)18-8-3-5-14(11-18)20(25)23-15-6-4-7-16(12-15)24(27)28/h3-12,22H,2,13H2,1H3,(H,23,25). The van der Waals surface area contributed by atoms with Gasteiger partial charge in [-0.3, -0.25) is 14.9 Å². The molecule has 172 valence electrons. The predicted octanol–water partition coefficient (Wildman–Crippen LogP) is 3.10. The minimum absolute atomic E-state index is 0.0342. The first kappa shape index (κ1) is 23.6. The summed E-state index contributed by atoms with van der Waals surface area (Å²) in [5.74, 6) is -1.15. The second-order valence-corrected chi connectivity index (χ2v) is 8.37. The van der Waals surface area contributed by atoms with Gasteiger partial charge in [0.2, 0.25) is 15.8 Å². The highest BCUT2D eigenvalue weighted by atomic mass is 32.2. The monoisotopic (exact) mass is 473 g/mol. The number of non-ortho nitro benzene ring substituents is 1. The number of nitrogens with one attached hydrogen (secondary N) is 2. The molecule has 2 aromatic carbocycles. The summed E-state index contributed by atoms with van der Waals surface area (Å²) in [4.78, 5) is 34.3. The quantitative estimate of drug-likeness (QED) is 0.273. The van der Waals surface area contributed by atoms with Crippen molar-refractivity contribution in [1.82, 2.24) is 4.72 Å². The number of nitrogens with zero attached hydrogens (tertiary/aromatic N) is 1. The molecule has 0 aliphatic rings. The molecule has 2 N–H and O–H groups in total. The molecular weight excluding hydrogens is 454 g/mol. The van der Waals surface area contributed by atoms with E-state index in [1.54, 1.807) is 6.92 Å². The lowest BCUT2D eigenvalue weighted by molar-refractivity contribution is -0.384. The van der Waals surface area contributed by atoms with Crippen molar-refractivity contribution in [3.8, 4) is 0 Å². The Labute approximate surface area is 188 Å². The summed E-state index contributed by atoms with van der Waals surface area (Å²) in [6.45, 7) is 1.59. The molecule has 3 rings (SSSR count). The molecule has 0 saturated heterocycles. The molecule has 0 atom stereocenters. The van der Waals surface area contributed by atoms with Crippen LogP contribution < -0.4 is 10.0 Å². The minimum Gasteiger partial charge on any atom is -0.460 e. The molecule has 0 radical (unpaired) electrons. The predicted molar refractivity (Wildman–Crippen MR) is 116 cm³/mol. The van der Waals surface area contributed by atoms with Gasteiger partial charge < -0.3 is 14.5 Å². The summed E-state index contributed by atoms with van der Waals surface area (Å²) in [7, 11) is -4.02. The number of amides is 1. The van der Waals surface area contributed by atoms with Gasteiger partial charge >= 0.3 is 5.97 Å². The van der Waals surface area contributed by atoms with Crippen LogP contribution in [-0.4, -0.2) is 31.8 Å². The normalized spacial score (nSPS) is 11.1. The Bertz CT molecular complexity index is 1300. The Morgan fingerprint density at radius 1 is 1.09 bits per heavy atom. The number of nitro groups is 1. The Morgan fingerprint density at radius 3 is 2.58 bits per heavy atom. The van der Waals surface area contributed by atoms with E-state index < -0.39 is 26.8 Å². The largest absolute Gasteiger partial charge is 0.460 e. The molecule has 0 saturated carbocycles. The van der Waals surface area contributed by atoms with E-state index in [1.165, 1.54) is 60.7 Å². The molecule has 1 heterocycles. The third-order valence-corrected chi connectivity index (χ3v) is 5.69. The lowest BCUT2D eigenvalue weighted by Crippen LogP contribution is -2.23. The summed E-state index contributed by atoms with van der Waals surface area (Å²) >= 11 is 0. The molecule has 3 aromatic rings. The van der Waals surface area contributed by atoms with Crippen LogP contribution in [0.15, 0.2) is 70.0 Å². The van der Waals surface area contributed by atoms with Crippen molar-refractivity contribution in [3.05, 3.63) is 87.9 Å². The smallest absolute Gasteiger partial charge is 0.374 e. The zero-order valence-electron chi connectivity index (χ0n) is 17.3. The Balaban J connectivity index is 1.70. The summed E-state index contributed by atoms with van der Waals surface area (Å²) in [5.41, 5.74) is 0.0279. The van der Waals surface area contributed by atoms with Crippen molar-refractivity contribution in [2.45, 2.75) is 18.4 Å². The van der Waals surface area contributed by atoms with Crippen LogP contribution in [0.1, 0.15) is 33.6 Å². The highest BCUT2D eigenvalue weighted by molar-refractivity contribution is 7.89. The molecular formula is C21H19N3O8S. The lowest BCUT2D eigenvalue weighted by atomic mass is 10.2. The van der Waals surface area contributed by atoms with Crippen molar-refractivity contribution >= 4 is 33.3 Å². The van der Waals surface area contributed by atoms with Crippen LogP contribution in [0.3, 0.4) is 0 Å². The fourth-order valence-electron chi connectivity index (χ4n) is 2.74. The molecule has 0 fully saturated rings. The first-order valence-electron chi connectivity index (χ1n) is 9.61. The number of hydrogen-bond acceptors (Lipinski definition) is 8. The fourth-order valence-corrected chi connectivity index (χ4v) is 3.78. The van der Waals surface area contributed by atoms with Gasteiger partial charge in [-0.1, -0.05) is 12.1 Å². The number of furan rings is 1. The number of carbonyl (C=O) groups excluding carboxylic acids is 2. The topological polar surface area (TPSA) is 158 Å². The van der Waals surface area contributed by atoms with Gasteiger partial charge in [-0.05, 0) is 43.3 Å². The number of benzene rings is 2. The number of esters is 1. The Hall–Kier alpha value is -4.03. The molecule has 11 nitrogen and oxygen atoms in total. The van der Waals surface area contributed by atoms with E-state index in [9.17, 15) is 28.1 Å². The third-order valence-electron chi connectivity index (χ3n) is 4.30. The van der Waals surface area contributed by atoms with Gasteiger partial charge in [0.1, 0.15) is 5.76 Å². The van der Waals surface area contributed by atoms with Crippen LogP contribution >= 0.6 is 0 Å². The fraction of sp³-hybridized carbons (Fsp3) is 0.143. The molecule has 0 aliphatic heterocycles. The SMILES string of the molecule is CCOC(=O)c1ccc(CNS(=O)(=O)c2cccc(C(=O)Nc3cccc([N+](=O)[O-])c3)c2)o1. The molecule has 1 amide bonds. The number of anilines is 1. The van der Waals surface area contributed by atoms with Crippen molar-refractivity contribution in [1.29, 1.82) is 0 Å². The maximum atomic E-state index is 12.7. The van der Waals surface area contributed by atoms with Crippen LogP contribution in [-0.2, 0) is 21.3 Å². The number of hydrogen-bond donors (Lipinski definition) is 2. The second-order valence-electron chi connectivity index (χ2n) is 6.60. The van der Waals surface area contributed by atoms with Crippen LogP contribution in [0.25, 0.3) is 0 Å². The first-order chi connectivity index (χ1) is 15.7. The highest BCUT2D eigenvalue weighted by Crippen LogP contribution is 2.19. The molecule has 0 unspecified atom stereocenters. The van der Waals surface area contributed by atoms with E-state index in [4.69, 9.17) is 9.15 Å². The minimum atomic E-state index is -4.02. The third kappa shape index (κ3) is 6.02. The van der Waals surface area contributed by atoms with Crippen LogP contribution in [0.4, 0.5) is 11.4 Å².